The lowest BCUT2D eigenvalue weighted by atomic mass is 10.0. The Bertz CT molecular complexity index is 402. The van der Waals surface area contributed by atoms with E-state index in [1.807, 2.05) is 6.07 Å². The maximum Gasteiger partial charge on any atom is 0.279 e. The summed E-state index contributed by atoms with van der Waals surface area (Å²) in [5.41, 5.74) is 0.760. The van der Waals surface area contributed by atoms with Crippen LogP contribution in [0.2, 0.25) is 0 Å². The number of benzene rings is 1. The molecule has 0 amide bonds. The van der Waals surface area contributed by atoms with E-state index in [1.165, 1.54) is 6.08 Å². The summed E-state index contributed by atoms with van der Waals surface area (Å²) in [5.74, 6) is -3.39. The minimum atomic E-state index is -3.39. The molecule has 0 aliphatic rings. The van der Waals surface area contributed by atoms with Crippen LogP contribution in [-0.4, -0.2) is 28.3 Å². The maximum absolute atomic E-state index is 13.3. The zero-order valence-corrected chi connectivity index (χ0v) is 9.84. The molecule has 18 heavy (non-hydrogen) atoms. The van der Waals surface area contributed by atoms with Gasteiger partial charge >= 0.3 is 0 Å². The highest BCUT2D eigenvalue weighted by Gasteiger charge is 2.40. The van der Waals surface area contributed by atoms with E-state index in [0.717, 1.165) is 17.7 Å². The zero-order valence-electron chi connectivity index (χ0n) is 9.84. The molecular formula is C14H16F2O2. The second-order valence-corrected chi connectivity index (χ2v) is 3.96. The van der Waals surface area contributed by atoms with Crippen LogP contribution in [0.3, 0.4) is 0 Å². The van der Waals surface area contributed by atoms with Crippen LogP contribution >= 0.6 is 0 Å². The van der Waals surface area contributed by atoms with Crippen LogP contribution < -0.4 is 0 Å². The van der Waals surface area contributed by atoms with E-state index in [4.69, 9.17) is 0 Å². The lowest BCUT2D eigenvalue weighted by Crippen LogP contribution is -2.41. The van der Waals surface area contributed by atoms with Crippen LogP contribution in [-0.2, 0) is 0 Å². The number of hydrogen-bond donors (Lipinski definition) is 2. The highest BCUT2D eigenvalue weighted by atomic mass is 19.3. The van der Waals surface area contributed by atoms with Crippen molar-refractivity contribution in [2.45, 2.75) is 24.6 Å². The highest BCUT2D eigenvalue weighted by Crippen LogP contribution is 2.26. The molecule has 0 heterocycles. The maximum atomic E-state index is 13.3. The Morgan fingerprint density at radius 3 is 2.39 bits per heavy atom. The molecule has 1 rings (SSSR count). The first-order chi connectivity index (χ1) is 8.47. The van der Waals surface area contributed by atoms with Gasteiger partial charge in [-0.05, 0) is 5.56 Å². The number of allylic oxidation sites excluding steroid dienone is 1. The van der Waals surface area contributed by atoms with Gasteiger partial charge in [0.2, 0.25) is 0 Å². The van der Waals surface area contributed by atoms with Crippen LogP contribution in [0, 0.1) is 0 Å². The Morgan fingerprint density at radius 1 is 1.22 bits per heavy atom. The van der Waals surface area contributed by atoms with E-state index in [-0.39, 0.29) is 0 Å². The van der Waals surface area contributed by atoms with Crippen LogP contribution in [0.4, 0.5) is 8.78 Å². The Labute approximate surface area is 105 Å². The molecule has 0 saturated carbocycles. The Kier molecular flexibility index (Phi) is 5.19. The van der Waals surface area contributed by atoms with E-state index in [1.54, 1.807) is 24.3 Å². The van der Waals surface area contributed by atoms with Crippen molar-refractivity contribution < 1.29 is 19.0 Å². The molecule has 0 fully saturated rings. The minimum absolute atomic E-state index is 0.676. The number of aliphatic hydroxyl groups excluding tert-OH is 2. The van der Waals surface area contributed by atoms with E-state index in [0.29, 0.717) is 0 Å². The van der Waals surface area contributed by atoms with Crippen LogP contribution in [0.5, 0.6) is 0 Å². The minimum Gasteiger partial charge on any atom is -0.386 e. The first-order valence-corrected chi connectivity index (χ1v) is 5.55. The number of hydrogen-bond acceptors (Lipinski definition) is 2. The predicted octanol–water partition coefficient (Wildman–Crippen LogP) is 2.63. The molecule has 2 N–H and O–H groups in total. The van der Waals surface area contributed by atoms with Crippen molar-refractivity contribution in [1.29, 1.82) is 0 Å². The van der Waals surface area contributed by atoms with Crippen molar-refractivity contribution >= 4 is 6.08 Å². The van der Waals surface area contributed by atoms with Gasteiger partial charge in [-0.3, -0.25) is 0 Å². The van der Waals surface area contributed by atoms with E-state index < -0.39 is 24.6 Å². The average Bonchev–Trinajstić information content (AvgIpc) is 2.36. The molecule has 1 aromatic carbocycles. The number of rotatable bonds is 6. The molecule has 0 saturated heterocycles. The lowest BCUT2D eigenvalue weighted by Gasteiger charge is -2.23. The standard InChI is InChI=1S/C14H16F2O2/c1-2-10-14(15,16)13(18)12(17)9-8-11-6-4-3-5-7-11/h2-9,12-13,17-18H,1,10H2/b9-8+/t12-,13-/m1/s1. The molecule has 0 aromatic heterocycles. The quantitative estimate of drug-likeness (QED) is 0.766. The second kappa shape index (κ2) is 6.42. The van der Waals surface area contributed by atoms with Crippen molar-refractivity contribution in [3.63, 3.8) is 0 Å². The smallest absolute Gasteiger partial charge is 0.279 e. The topological polar surface area (TPSA) is 40.5 Å². The van der Waals surface area contributed by atoms with Gasteiger partial charge in [0.25, 0.3) is 5.92 Å². The van der Waals surface area contributed by atoms with Gasteiger partial charge in [-0.25, -0.2) is 8.78 Å². The summed E-state index contributed by atoms with van der Waals surface area (Å²) >= 11 is 0. The SMILES string of the molecule is C=CCC(F)(F)[C@H](O)[C@H](O)/C=C/c1ccccc1. The van der Waals surface area contributed by atoms with E-state index in [9.17, 15) is 19.0 Å². The lowest BCUT2D eigenvalue weighted by molar-refractivity contribution is -0.138. The predicted molar refractivity (Wildman–Crippen MR) is 67.3 cm³/mol. The third kappa shape index (κ3) is 4.05. The molecule has 4 heteroatoms. The van der Waals surface area contributed by atoms with Gasteiger partial charge in [0.1, 0.15) is 12.2 Å². The van der Waals surface area contributed by atoms with Crippen molar-refractivity contribution in [3.8, 4) is 0 Å². The summed E-state index contributed by atoms with van der Waals surface area (Å²) < 4.78 is 26.6. The molecule has 0 radical (unpaired) electrons. The molecule has 2 atom stereocenters. The molecule has 0 spiro atoms. The van der Waals surface area contributed by atoms with Crippen molar-refractivity contribution in [2.75, 3.05) is 0 Å². The van der Waals surface area contributed by atoms with Crippen molar-refractivity contribution in [2.24, 2.45) is 0 Å². The largest absolute Gasteiger partial charge is 0.386 e. The number of halogens is 2. The van der Waals surface area contributed by atoms with Gasteiger partial charge in [-0.2, -0.15) is 0 Å². The van der Waals surface area contributed by atoms with Gasteiger partial charge in [0.15, 0.2) is 0 Å². The summed E-state index contributed by atoms with van der Waals surface area (Å²) in [6, 6.07) is 8.92. The fraction of sp³-hybridized carbons (Fsp3) is 0.286. The van der Waals surface area contributed by atoms with Gasteiger partial charge in [-0.1, -0.05) is 48.6 Å². The summed E-state index contributed by atoms with van der Waals surface area (Å²) in [4.78, 5) is 0. The third-order valence-corrected chi connectivity index (χ3v) is 2.46. The summed E-state index contributed by atoms with van der Waals surface area (Å²) in [6.07, 6.45) is -0.800. The monoisotopic (exact) mass is 254 g/mol. The van der Waals surface area contributed by atoms with Gasteiger partial charge in [-0.15, -0.1) is 6.58 Å². The second-order valence-electron chi connectivity index (χ2n) is 3.96. The molecule has 1 aromatic rings. The Hall–Kier alpha value is -1.52. The Balaban J connectivity index is 2.68. The fourth-order valence-electron chi connectivity index (χ4n) is 1.44. The highest BCUT2D eigenvalue weighted by molar-refractivity contribution is 5.49. The Morgan fingerprint density at radius 2 is 1.83 bits per heavy atom. The zero-order chi connectivity index (χ0) is 13.6. The van der Waals surface area contributed by atoms with Crippen LogP contribution in [0.1, 0.15) is 12.0 Å². The summed E-state index contributed by atoms with van der Waals surface area (Å²) in [5, 5.41) is 18.8. The molecule has 0 unspecified atom stereocenters. The molecule has 98 valence electrons. The molecule has 0 bridgehead atoms. The van der Waals surface area contributed by atoms with E-state index in [2.05, 4.69) is 6.58 Å². The van der Waals surface area contributed by atoms with E-state index >= 15 is 0 Å². The molecule has 2 nitrogen and oxygen atoms in total. The molecule has 0 aliphatic heterocycles. The number of alkyl halides is 2. The third-order valence-electron chi connectivity index (χ3n) is 2.46. The van der Waals surface area contributed by atoms with Gasteiger partial charge in [0.05, 0.1) is 0 Å². The fourth-order valence-corrected chi connectivity index (χ4v) is 1.44. The molecular weight excluding hydrogens is 238 g/mol. The van der Waals surface area contributed by atoms with Crippen molar-refractivity contribution in [1.82, 2.24) is 0 Å². The van der Waals surface area contributed by atoms with Gasteiger partial charge < -0.3 is 10.2 Å². The first kappa shape index (κ1) is 14.5. The van der Waals surface area contributed by atoms with Crippen molar-refractivity contribution in [3.05, 3.63) is 54.6 Å². The van der Waals surface area contributed by atoms with Crippen LogP contribution in [0.15, 0.2) is 49.1 Å². The van der Waals surface area contributed by atoms with Crippen LogP contribution in [0.25, 0.3) is 6.08 Å². The first-order valence-electron chi connectivity index (χ1n) is 5.55. The summed E-state index contributed by atoms with van der Waals surface area (Å²) in [6.45, 7) is 3.19. The molecule has 0 aliphatic carbocycles. The number of aliphatic hydroxyl groups is 2. The average molecular weight is 254 g/mol. The van der Waals surface area contributed by atoms with Gasteiger partial charge in [0, 0.05) is 6.42 Å². The summed E-state index contributed by atoms with van der Waals surface area (Å²) in [7, 11) is 0. The normalized spacial score (nSPS) is 15.6.